The Labute approximate surface area is 118 Å². The standard InChI is InChI=1S/C17H16N2O/c1-11-9-12(7-8-16(11)20-2)17-13-5-3-4-6-15(13)19-10-14(17)18/h3-10H,18H2,1-2H3. The average molecular weight is 264 g/mol. The lowest BCUT2D eigenvalue weighted by Crippen LogP contribution is -1.95. The Kier molecular flexibility index (Phi) is 3.03. The van der Waals surface area contributed by atoms with E-state index in [1.54, 1.807) is 13.3 Å². The third-order valence-electron chi connectivity index (χ3n) is 3.49. The summed E-state index contributed by atoms with van der Waals surface area (Å²) in [5.41, 5.74) is 11.0. The fourth-order valence-corrected chi connectivity index (χ4v) is 2.51. The summed E-state index contributed by atoms with van der Waals surface area (Å²) in [4.78, 5) is 4.37. The molecule has 1 heterocycles. The molecular formula is C17H16N2O. The largest absolute Gasteiger partial charge is 0.496 e. The van der Waals surface area contributed by atoms with Crippen molar-refractivity contribution in [3.05, 3.63) is 54.2 Å². The quantitative estimate of drug-likeness (QED) is 0.765. The van der Waals surface area contributed by atoms with Crippen LogP contribution in [0.5, 0.6) is 5.75 Å². The Morgan fingerprint density at radius 2 is 1.90 bits per heavy atom. The number of fused-ring (bicyclic) bond motifs is 1. The Balaban J connectivity index is 2.28. The van der Waals surface area contributed by atoms with Gasteiger partial charge in [0.25, 0.3) is 0 Å². The van der Waals surface area contributed by atoms with Crippen LogP contribution in [0.3, 0.4) is 0 Å². The molecule has 3 heteroatoms. The van der Waals surface area contributed by atoms with Crippen molar-refractivity contribution in [2.75, 3.05) is 12.8 Å². The lowest BCUT2D eigenvalue weighted by Gasteiger charge is -2.12. The molecule has 0 spiro atoms. The number of anilines is 1. The van der Waals surface area contributed by atoms with Crippen LogP contribution in [-0.4, -0.2) is 12.1 Å². The molecule has 0 saturated carbocycles. The molecule has 3 nitrogen and oxygen atoms in total. The molecule has 0 saturated heterocycles. The number of aryl methyl sites for hydroxylation is 1. The third-order valence-corrected chi connectivity index (χ3v) is 3.49. The normalized spacial score (nSPS) is 10.7. The first-order valence-electron chi connectivity index (χ1n) is 6.49. The maximum absolute atomic E-state index is 6.15. The van der Waals surface area contributed by atoms with Gasteiger partial charge in [0.15, 0.2) is 0 Å². The zero-order valence-electron chi connectivity index (χ0n) is 11.6. The van der Waals surface area contributed by atoms with Crippen LogP contribution < -0.4 is 10.5 Å². The van der Waals surface area contributed by atoms with E-state index in [0.29, 0.717) is 5.69 Å². The van der Waals surface area contributed by atoms with E-state index in [4.69, 9.17) is 10.5 Å². The molecule has 0 aliphatic carbocycles. The Morgan fingerprint density at radius 3 is 2.65 bits per heavy atom. The minimum Gasteiger partial charge on any atom is -0.496 e. The maximum Gasteiger partial charge on any atom is 0.121 e. The molecule has 0 amide bonds. The number of nitrogens with zero attached hydrogens (tertiary/aromatic N) is 1. The van der Waals surface area contributed by atoms with Crippen molar-refractivity contribution in [3.63, 3.8) is 0 Å². The van der Waals surface area contributed by atoms with E-state index in [9.17, 15) is 0 Å². The molecule has 0 aliphatic rings. The number of rotatable bonds is 2. The number of hydrogen-bond donors (Lipinski definition) is 1. The fourth-order valence-electron chi connectivity index (χ4n) is 2.51. The fraction of sp³-hybridized carbons (Fsp3) is 0.118. The van der Waals surface area contributed by atoms with Gasteiger partial charge >= 0.3 is 0 Å². The minimum atomic E-state index is 0.688. The molecule has 0 radical (unpaired) electrons. The van der Waals surface area contributed by atoms with Gasteiger partial charge in [-0.3, -0.25) is 4.98 Å². The lowest BCUT2D eigenvalue weighted by molar-refractivity contribution is 0.412. The van der Waals surface area contributed by atoms with Gasteiger partial charge < -0.3 is 10.5 Å². The second-order valence-corrected chi connectivity index (χ2v) is 4.79. The molecule has 2 aromatic carbocycles. The molecule has 0 bridgehead atoms. The van der Waals surface area contributed by atoms with Crippen molar-refractivity contribution < 1.29 is 4.74 Å². The van der Waals surface area contributed by atoms with Gasteiger partial charge in [0, 0.05) is 10.9 Å². The predicted octanol–water partition coefficient (Wildman–Crippen LogP) is 3.80. The van der Waals surface area contributed by atoms with Crippen LogP contribution in [0.2, 0.25) is 0 Å². The molecule has 0 unspecified atom stereocenters. The van der Waals surface area contributed by atoms with Crippen molar-refractivity contribution in [1.29, 1.82) is 0 Å². The summed E-state index contributed by atoms with van der Waals surface area (Å²) in [6, 6.07) is 14.1. The summed E-state index contributed by atoms with van der Waals surface area (Å²) in [5.74, 6) is 0.880. The summed E-state index contributed by atoms with van der Waals surface area (Å²) in [6.45, 7) is 2.03. The number of nitrogen functional groups attached to an aromatic ring is 1. The van der Waals surface area contributed by atoms with E-state index in [1.807, 2.05) is 43.3 Å². The van der Waals surface area contributed by atoms with Crippen LogP contribution in [0.25, 0.3) is 22.0 Å². The monoisotopic (exact) mass is 264 g/mol. The molecule has 0 aliphatic heterocycles. The highest BCUT2D eigenvalue weighted by Gasteiger charge is 2.10. The van der Waals surface area contributed by atoms with Crippen molar-refractivity contribution in [2.24, 2.45) is 0 Å². The highest BCUT2D eigenvalue weighted by atomic mass is 16.5. The molecule has 0 atom stereocenters. The second-order valence-electron chi connectivity index (χ2n) is 4.79. The van der Waals surface area contributed by atoms with Gasteiger partial charge in [0.2, 0.25) is 0 Å². The SMILES string of the molecule is COc1ccc(-c2c(N)cnc3ccccc23)cc1C. The van der Waals surface area contributed by atoms with E-state index in [-0.39, 0.29) is 0 Å². The summed E-state index contributed by atoms with van der Waals surface area (Å²) in [5, 5.41) is 1.07. The smallest absolute Gasteiger partial charge is 0.121 e. The van der Waals surface area contributed by atoms with Crippen LogP contribution in [0.15, 0.2) is 48.7 Å². The maximum atomic E-state index is 6.15. The Morgan fingerprint density at radius 1 is 1.10 bits per heavy atom. The van der Waals surface area contributed by atoms with Gasteiger partial charge in [-0.25, -0.2) is 0 Å². The van der Waals surface area contributed by atoms with Crippen molar-refractivity contribution in [3.8, 4) is 16.9 Å². The Bertz CT molecular complexity index is 781. The third kappa shape index (κ3) is 1.97. The molecule has 100 valence electrons. The van der Waals surface area contributed by atoms with E-state index < -0.39 is 0 Å². The minimum absolute atomic E-state index is 0.688. The molecule has 3 aromatic rings. The lowest BCUT2D eigenvalue weighted by atomic mass is 9.98. The van der Waals surface area contributed by atoms with Crippen LogP contribution in [-0.2, 0) is 0 Å². The van der Waals surface area contributed by atoms with Gasteiger partial charge in [-0.2, -0.15) is 0 Å². The molecule has 1 aromatic heterocycles. The summed E-state index contributed by atoms with van der Waals surface area (Å²) < 4.78 is 5.31. The molecule has 3 rings (SSSR count). The number of para-hydroxylation sites is 1. The first-order chi connectivity index (χ1) is 9.70. The van der Waals surface area contributed by atoms with Crippen LogP contribution in [0.1, 0.15) is 5.56 Å². The molecular weight excluding hydrogens is 248 g/mol. The van der Waals surface area contributed by atoms with E-state index >= 15 is 0 Å². The number of nitrogens with two attached hydrogens (primary N) is 1. The van der Waals surface area contributed by atoms with Crippen molar-refractivity contribution >= 4 is 16.6 Å². The topological polar surface area (TPSA) is 48.1 Å². The van der Waals surface area contributed by atoms with Gasteiger partial charge in [-0.15, -0.1) is 0 Å². The number of ether oxygens (including phenoxy) is 1. The van der Waals surface area contributed by atoms with Gasteiger partial charge in [0.05, 0.1) is 24.5 Å². The molecule has 0 fully saturated rings. The van der Waals surface area contributed by atoms with Crippen LogP contribution in [0.4, 0.5) is 5.69 Å². The van der Waals surface area contributed by atoms with E-state index in [0.717, 1.165) is 33.3 Å². The van der Waals surface area contributed by atoms with Gasteiger partial charge in [-0.1, -0.05) is 24.3 Å². The van der Waals surface area contributed by atoms with Crippen LogP contribution >= 0.6 is 0 Å². The zero-order valence-corrected chi connectivity index (χ0v) is 11.6. The van der Waals surface area contributed by atoms with Gasteiger partial charge in [-0.05, 0) is 36.2 Å². The van der Waals surface area contributed by atoms with E-state index in [2.05, 4.69) is 11.1 Å². The predicted molar refractivity (Wildman–Crippen MR) is 82.9 cm³/mol. The average Bonchev–Trinajstić information content (AvgIpc) is 2.47. The zero-order chi connectivity index (χ0) is 14.1. The summed E-state index contributed by atoms with van der Waals surface area (Å²) >= 11 is 0. The highest BCUT2D eigenvalue weighted by molar-refractivity contribution is 6.00. The molecule has 20 heavy (non-hydrogen) atoms. The second kappa shape index (κ2) is 4.85. The van der Waals surface area contributed by atoms with Gasteiger partial charge in [0.1, 0.15) is 5.75 Å². The molecule has 2 N–H and O–H groups in total. The Hall–Kier alpha value is -2.55. The number of methoxy groups -OCH3 is 1. The first-order valence-corrected chi connectivity index (χ1v) is 6.49. The summed E-state index contributed by atoms with van der Waals surface area (Å²) in [6.07, 6.45) is 1.72. The van der Waals surface area contributed by atoms with Crippen molar-refractivity contribution in [2.45, 2.75) is 6.92 Å². The highest BCUT2D eigenvalue weighted by Crippen LogP contribution is 2.34. The first kappa shape index (κ1) is 12.5. The number of pyridine rings is 1. The number of benzene rings is 2. The number of hydrogen-bond acceptors (Lipinski definition) is 3. The van der Waals surface area contributed by atoms with Crippen LogP contribution in [0, 0.1) is 6.92 Å². The van der Waals surface area contributed by atoms with Crippen molar-refractivity contribution in [1.82, 2.24) is 4.98 Å². The van der Waals surface area contributed by atoms with E-state index in [1.165, 1.54) is 0 Å². The summed E-state index contributed by atoms with van der Waals surface area (Å²) in [7, 11) is 1.68. The number of aromatic nitrogens is 1.